The molecule has 1 aliphatic rings. The summed E-state index contributed by atoms with van der Waals surface area (Å²) in [6.07, 6.45) is 0.387. The van der Waals surface area contributed by atoms with Crippen molar-refractivity contribution in [1.82, 2.24) is 5.32 Å². The molecule has 132 valence electrons. The first-order valence-corrected chi connectivity index (χ1v) is 8.15. The van der Waals surface area contributed by atoms with Gasteiger partial charge in [0.25, 0.3) is 0 Å². The number of aliphatic carboxylic acids is 1. The van der Waals surface area contributed by atoms with Crippen LogP contribution in [0.5, 0.6) is 11.5 Å². The van der Waals surface area contributed by atoms with Crippen LogP contribution in [0.4, 0.5) is 0 Å². The Morgan fingerprint density at radius 3 is 2.42 bits per heavy atom. The van der Waals surface area contributed by atoms with Gasteiger partial charge in [0, 0.05) is 0 Å². The van der Waals surface area contributed by atoms with Crippen LogP contribution in [0, 0.1) is 5.92 Å². The fraction of sp³-hybridized carbons (Fsp3) is 0.556. The minimum atomic E-state index is -1.02. The van der Waals surface area contributed by atoms with E-state index in [-0.39, 0.29) is 11.8 Å². The first-order chi connectivity index (χ1) is 11.2. The predicted octanol–water partition coefficient (Wildman–Crippen LogP) is 2.35. The van der Waals surface area contributed by atoms with Crippen molar-refractivity contribution < 1.29 is 24.2 Å². The lowest BCUT2D eigenvalue weighted by atomic mass is 9.83. The normalized spacial score (nSPS) is 15.0. The van der Waals surface area contributed by atoms with Crippen LogP contribution in [0.15, 0.2) is 18.2 Å². The molecular formula is C18H25NO5. The van der Waals surface area contributed by atoms with Gasteiger partial charge in [0.15, 0.2) is 11.5 Å². The number of ether oxygens (including phenoxy) is 2. The van der Waals surface area contributed by atoms with Gasteiger partial charge in [-0.05, 0) is 43.9 Å². The molecule has 1 aromatic carbocycles. The van der Waals surface area contributed by atoms with Gasteiger partial charge >= 0.3 is 5.97 Å². The highest BCUT2D eigenvalue weighted by Crippen LogP contribution is 2.35. The van der Waals surface area contributed by atoms with Crippen molar-refractivity contribution in [3.8, 4) is 11.5 Å². The highest BCUT2D eigenvalue weighted by molar-refractivity contribution is 5.91. The van der Waals surface area contributed by atoms with E-state index in [0.717, 1.165) is 5.56 Å². The first kappa shape index (κ1) is 18.1. The molecule has 6 nitrogen and oxygen atoms in total. The lowest BCUT2D eigenvalue weighted by Gasteiger charge is -2.28. The van der Waals surface area contributed by atoms with E-state index in [1.807, 2.05) is 19.9 Å². The van der Waals surface area contributed by atoms with Gasteiger partial charge in [0.2, 0.25) is 5.91 Å². The number of fused-ring (bicyclic) bond motifs is 1. The molecule has 0 fully saturated rings. The van der Waals surface area contributed by atoms with Gasteiger partial charge in [-0.15, -0.1) is 0 Å². The molecular weight excluding hydrogens is 310 g/mol. The third kappa shape index (κ3) is 3.99. The number of carboxylic acid groups (broad SMARTS) is 1. The summed E-state index contributed by atoms with van der Waals surface area (Å²) in [5.74, 6) is 0.0899. The van der Waals surface area contributed by atoms with Crippen molar-refractivity contribution in [3.63, 3.8) is 0 Å². The number of rotatable bonds is 6. The molecule has 0 bridgehead atoms. The van der Waals surface area contributed by atoms with E-state index < -0.39 is 17.4 Å². The average molecular weight is 335 g/mol. The van der Waals surface area contributed by atoms with E-state index in [1.165, 1.54) is 0 Å². The molecule has 0 radical (unpaired) electrons. The van der Waals surface area contributed by atoms with Crippen LogP contribution in [0.2, 0.25) is 0 Å². The smallest absolute Gasteiger partial charge is 0.326 e. The second-order valence-corrected chi connectivity index (χ2v) is 6.98. The van der Waals surface area contributed by atoms with Gasteiger partial charge in [0.1, 0.15) is 19.3 Å². The zero-order chi connectivity index (χ0) is 17.9. The summed E-state index contributed by atoms with van der Waals surface area (Å²) in [5, 5.41) is 12.0. The van der Waals surface area contributed by atoms with Crippen LogP contribution in [-0.4, -0.2) is 36.2 Å². The second kappa shape index (κ2) is 7.11. The fourth-order valence-electron chi connectivity index (χ4n) is 2.59. The van der Waals surface area contributed by atoms with E-state index >= 15 is 0 Å². The summed E-state index contributed by atoms with van der Waals surface area (Å²) in [5.41, 5.74) is -0.140. The van der Waals surface area contributed by atoms with Gasteiger partial charge < -0.3 is 19.9 Å². The molecule has 0 saturated carbocycles. The van der Waals surface area contributed by atoms with Gasteiger partial charge in [-0.2, -0.15) is 0 Å². The summed E-state index contributed by atoms with van der Waals surface area (Å²) in [4.78, 5) is 24.1. The van der Waals surface area contributed by atoms with E-state index in [2.05, 4.69) is 5.32 Å². The van der Waals surface area contributed by atoms with Crippen LogP contribution in [0.25, 0.3) is 0 Å². The standard InChI is InChI=1S/C18H25NO5/c1-11(2)9-13(16(20)21)19-17(22)18(3,4)12-5-6-14-15(10-12)24-8-7-23-14/h5-6,10-11,13H,7-9H2,1-4H3,(H,19,22)(H,20,21)/t13-/m1/s1. The zero-order valence-electron chi connectivity index (χ0n) is 14.6. The molecule has 24 heavy (non-hydrogen) atoms. The van der Waals surface area contributed by atoms with E-state index in [9.17, 15) is 14.7 Å². The topological polar surface area (TPSA) is 84.9 Å². The third-order valence-corrected chi connectivity index (χ3v) is 4.14. The summed E-state index contributed by atoms with van der Waals surface area (Å²) in [7, 11) is 0. The quantitative estimate of drug-likeness (QED) is 0.833. The van der Waals surface area contributed by atoms with Crippen LogP contribution in [-0.2, 0) is 15.0 Å². The lowest BCUT2D eigenvalue weighted by Crippen LogP contribution is -2.48. The number of carbonyl (C=O) groups is 2. The molecule has 0 unspecified atom stereocenters. The lowest BCUT2D eigenvalue weighted by molar-refractivity contribution is -0.143. The Kier molecular flexibility index (Phi) is 5.36. The van der Waals surface area contributed by atoms with E-state index in [1.54, 1.807) is 26.0 Å². The van der Waals surface area contributed by atoms with Gasteiger partial charge in [-0.3, -0.25) is 4.79 Å². The van der Waals surface area contributed by atoms with Crippen molar-refractivity contribution in [3.05, 3.63) is 23.8 Å². The second-order valence-electron chi connectivity index (χ2n) is 6.98. The number of carboxylic acids is 1. The van der Waals surface area contributed by atoms with Crippen molar-refractivity contribution in [2.45, 2.75) is 45.6 Å². The minimum Gasteiger partial charge on any atom is -0.486 e. The molecule has 2 rings (SSSR count). The molecule has 0 spiro atoms. The third-order valence-electron chi connectivity index (χ3n) is 4.14. The molecule has 1 aromatic rings. The van der Waals surface area contributed by atoms with Crippen LogP contribution < -0.4 is 14.8 Å². The van der Waals surface area contributed by atoms with E-state index in [4.69, 9.17) is 9.47 Å². The molecule has 0 aromatic heterocycles. The fourth-order valence-corrected chi connectivity index (χ4v) is 2.59. The van der Waals surface area contributed by atoms with Crippen molar-refractivity contribution in [2.75, 3.05) is 13.2 Å². The molecule has 1 heterocycles. The van der Waals surface area contributed by atoms with Crippen LogP contribution in [0.3, 0.4) is 0 Å². The Morgan fingerprint density at radius 2 is 1.83 bits per heavy atom. The van der Waals surface area contributed by atoms with Gasteiger partial charge in [-0.25, -0.2) is 4.79 Å². The monoisotopic (exact) mass is 335 g/mol. The van der Waals surface area contributed by atoms with Gasteiger partial charge in [-0.1, -0.05) is 19.9 Å². The number of hydrogen-bond donors (Lipinski definition) is 2. The molecule has 1 atom stereocenters. The maximum Gasteiger partial charge on any atom is 0.326 e. The minimum absolute atomic E-state index is 0.170. The molecule has 0 aliphatic carbocycles. The Hall–Kier alpha value is -2.24. The SMILES string of the molecule is CC(C)C[C@@H](NC(=O)C(C)(C)c1ccc2c(c1)OCCO2)C(=O)O. The summed E-state index contributed by atoms with van der Waals surface area (Å²) in [6.45, 7) is 8.36. The molecule has 2 N–H and O–H groups in total. The molecule has 1 aliphatic heterocycles. The summed E-state index contributed by atoms with van der Waals surface area (Å²) < 4.78 is 11.0. The number of amides is 1. The average Bonchev–Trinajstić information content (AvgIpc) is 2.53. The highest BCUT2D eigenvalue weighted by Gasteiger charge is 2.34. The Bertz CT molecular complexity index is 624. The Morgan fingerprint density at radius 1 is 1.21 bits per heavy atom. The zero-order valence-corrected chi connectivity index (χ0v) is 14.6. The first-order valence-electron chi connectivity index (χ1n) is 8.15. The Labute approximate surface area is 142 Å². The predicted molar refractivity (Wildman–Crippen MR) is 89.5 cm³/mol. The van der Waals surface area contributed by atoms with Gasteiger partial charge in [0.05, 0.1) is 5.41 Å². The number of benzene rings is 1. The molecule has 0 saturated heterocycles. The molecule has 6 heteroatoms. The van der Waals surface area contributed by atoms with Crippen LogP contribution >= 0.6 is 0 Å². The number of nitrogens with one attached hydrogen (secondary N) is 1. The largest absolute Gasteiger partial charge is 0.486 e. The maximum atomic E-state index is 12.7. The van der Waals surface area contributed by atoms with E-state index in [0.29, 0.717) is 31.1 Å². The van der Waals surface area contributed by atoms with Crippen molar-refractivity contribution >= 4 is 11.9 Å². The van der Waals surface area contributed by atoms with Crippen molar-refractivity contribution in [2.24, 2.45) is 5.92 Å². The Balaban J connectivity index is 2.19. The maximum absolute atomic E-state index is 12.7. The number of hydrogen-bond acceptors (Lipinski definition) is 4. The highest BCUT2D eigenvalue weighted by atomic mass is 16.6. The summed E-state index contributed by atoms with van der Waals surface area (Å²) in [6, 6.07) is 4.48. The number of carbonyl (C=O) groups excluding carboxylic acids is 1. The van der Waals surface area contributed by atoms with Crippen molar-refractivity contribution in [1.29, 1.82) is 0 Å². The van der Waals surface area contributed by atoms with Crippen LogP contribution in [0.1, 0.15) is 39.7 Å². The molecule has 1 amide bonds. The summed E-state index contributed by atoms with van der Waals surface area (Å²) >= 11 is 0.